The Morgan fingerprint density at radius 3 is 2.58 bits per heavy atom. The van der Waals surface area contributed by atoms with Crippen LogP contribution >= 0.6 is 15.9 Å². The van der Waals surface area contributed by atoms with Gasteiger partial charge in [-0.2, -0.15) is 9.78 Å². The molecule has 0 fully saturated rings. The first kappa shape index (κ1) is 19.1. The van der Waals surface area contributed by atoms with E-state index in [1.54, 1.807) is 28.9 Å². The summed E-state index contributed by atoms with van der Waals surface area (Å²) in [6.07, 6.45) is 0. The first-order valence-electron chi connectivity index (χ1n) is 9.18. The summed E-state index contributed by atoms with van der Waals surface area (Å²) in [5.41, 5.74) is 3.13. The van der Waals surface area contributed by atoms with Crippen LogP contribution in [0.2, 0.25) is 0 Å². The second-order valence-electron chi connectivity index (χ2n) is 6.79. The molecule has 31 heavy (non-hydrogen) atoms. The number of fused-ring (bicyclic) bond motifs is 2. The number of halogens is 1. The van der Waals surface area contributed by atoms with Crippen molar-refractivity contribution in [2.75, 3.05) is 12.4 Å². The zero-order valence-corrected chi connectivity index (χ0v) is 17.6. The summed E-state index contributed by atoms with van der Waals surface area (Å²) in [5.74, 6) is -0.109. The van der Waals surface area contributed by atoms with Crippen molar-refractivity contribution < 1.29 is 9.53 Å². The van der Waals surface area contributed by atoms with Gasteiger partial charge in [0.1, 0.15) is 11.7 Å². The Morgan fingerprint density at radius 2 is 1.87 bits per heavy atom. The number of aromatic amines is 1. The molecule has 10 nitrogen and oxygen atoms in total. The monoisotopic (exact) mass is 479 g/mol. The topological polar surface area (TPSA) is 128 Å². The third-order valence-electron chi connectivity index (χ3n) is 5.03. The van der Waals surface area contributed by atoms with Gasteiger partial charge >= 0.3 is 5.97 Å². The molecule has 154 valence electrons. The lowest BCUT2D eigenvalue weighted by atomic mass is 9.92. The minimum Gasteiger partial charge on any atom is -0.465 e. The highest BCUT2D eigenvalue weighted by atomic mass is 79.9. The number of rotatable bonds is 3. The first-order valence-corrected chi connectivity index (χ1v) is 9.98. The van der Waals surface area contributed by atoms with E-state index in [0.717, 1.165) is 15.6 Å². The Morgan fingerprint density at radius 1 is 1.13 bits per heavy atom. The highest BCUT2D eigenvalue weighted by Crippen LogP contribution is 2.41. The second kappa shape index (κ2) is 7.43. The van der Waals surface area contributed by atoms with Crippen LogP contribution in [0.3, 0.4) is 0 Å². The predicted molar refractivity (Wildman–Crippen MR) is 114 cm³/mol. The summed E-state index contributed by atoms with van der Waals surface area (Å²) >= 11 is 3.43. The van der Waals surface area contributed by atoms with E-state index in [9.17, 15) is 9.59 Å². The highest BCUT2D eigenvalue weighted by Gasteiger charge is 2.34. The van der Waals surface area contributed by atoms with Crippen molar-refractivity contribution >= 4 is 33.5 Å². The van der Waals surface area contributed by atoms with Gasteiger partial charge in [0.05, 0.1) is 18.4 Å². The average molecular weight is 480 g/mol. The molecule has 0 radical (unpaired) electrons. The van der Waals surface area contributed by atoms with Crippen molar-refractivity contribution in [3.8, 4) is 11.3 Å². The van der Waals surface area contributed by atoms with Gasteiger partial charge < -0.3 is 10.1 Å². The number of nitrogens with zero attached hydrogens (tertiary/aromatic N) is 5. The van der Waals surface area contributed by atoms with Crippen LogP contribution in [0.5, 0.6) is 0 Å². The Hall–Kier alpha value is -3.86. The number of anilines is 2. The number of esters is 1. The van der Waals surface area contributed by atoms with E-state index in [0.29, 0.717) is 28.5 Å². The van der Waals surface area contributed by atoms with Crippen molar-refractivity contribution in [2.45, 2.75) is 6.04 Å². The van der Waals surface area contributed by atoms with Crippen LogP contribution in [0, 0.1) is 0 Å². The van der Waals surface area contributed by atoms with Crippen molar-refractivity contribution in [1.29, 1.82) is 0 Å². The summed E-state index contributed by atoms with van der Waals surface area (Å²) in [7, 11) is 1.33. The molecule has 2 N–H and O–H groups in total. The van der Waals surface area contributed by atoms with Gasteiger partial charge in [-0.25, -0.2) is 9.89 Å². The van der Waals surface area contributed by atoms with Crippen LogP contribution in [-0.2, 0) is 4.74 Å². The van der Waals surface area contributed by atoms with Crippen LogP contribution in [0.15, 0.2) is 57.8 Å². The van der Waals surface area contributed by atoms with Crippen molar-refractivity contribution in [2.24, 2.45) is 0 Å². The smallest absolute Gasteiger partial charge is 0.337 e. The van der Waals surface area contributed by atoms with E-state index in [2.05, 4.69) is 47.0 Å². The van der Waals surface area contributed by atoms with Gasteiger partial charge in [0.2, 0.25) is 5.95 Å². The van der Waals surface area contributed by atoms with Gasteiger partial charge in [0.25, 0.3) is 5.56 Å². The molecule has 0 saturated carbocycles. The lowest BCUT2D eigenvalue weighted by molar-refractivity contribution is 0.0600. The number of carbonyl (C=O) groups excluding carboxylic acids is 1. The summed E-state index contributed by atoms with van der Waals surface area (Å²) in [4.78, 5) is 24.5. The molecule has 2 aromatic heterocycles. The summed E-state index contributed by atoms with van der Waals surface area (Å²) in [6, 6.07) is 13.9. The molecule has 1 atom stereocenters. The fourth-order valence-electron chi connectivity index (χ4n) is 3.59. The van der Waals surface area contributed by atoms with Gasteiger partial charge in [-0.3, -0.25) is 4.79 Å². The summed E-state index contributed by atoms with van der Waals surface area (Å²) < 4.78 is 7.28. The number of carbonyl (C=O) groups is 1. The molecule has 4 aromatic rings. The van der Waals surface area contributed by atoms with Crippen molar-refractivity contribution in [3.63, 3.8) is 0 Å². The molecule has 0 saturated heterocycles. The number of tetrazole rings is 1. The lowest BCUT2D eigenvalue weighted by Gasteiger charge is -2.27. The molecule has 11 heteroatoms. The standard InChI is InChI=1S/C20H14BrN7O3/c1-31-19(30)12-4-2-11(3-5-12)17-14-15(10-6-8-13(21)9-7-10)23-24-18(29)16(14)22-20-25-26-27-28(17)20/h2-9,17H,1H3,(H,24,29)(H,22,25,27)/t17-/m1/s1. The van der Waals surface area contributed by atoms with Crippen LogP contribution in [0.1, 0.15) is 27.5 Å². The molecule has 5 rings (SSSR count). The van der Waals surface area contributed by atoms with Gasteiger partial charge in [0.15, 0.2) is 0 Å². The van der Waals surface area contributed by atoms with Crippen molar-refractivity contribution in [1.82, 2.24) is 30.4 Å². The number of methoxy groups -OCH3 is 1. The van der Waals surface area contributed by atoms with E-state index < -0.39 is 12.0 Å². The zero-order valence-electron chi connectivity index (χ0n) is 16.0. The second-order valence-corrected chi connectivity index (χ2v) is 7.70. The zero-order chi connectivity index (χ0) is 21.5. The maximum Gasteiger partial charge on any atom is 0.337 e. The van der Waals surface area contributed by atoms with Gasteiger partial charge in [-0.15, -0.1) is 0 Å². The molecule has 1 aliphatic rings. The fraction of sp³-hybridized carbons (Fsp3) is 0.100. The lowest BCUT2D eigenvalue weighted by Crippen LogP contribution is -2.29. The van der Waals surface area contributed by atoms with Gasteiger partial charge in [0, 0.05) is 15.6 Å². The third-order valence-corrected chi connectivity index (χ3v) is 5.56. The number of ether oxygens (including phenoxy) is 1. The van der Waals surface area contributed by atoms with E-state index in [-0.39, 0.29) is 5.56 Å². The van der Waals surface area contributed by atoms with E-state index in [4.69, 9.17) is 4.74 Å². The number of aromatic nitrogens is 6. The molecule has 1 aliphatic heterocycles. The first-order chi connectivity index (χ1) is 15.1. The molecule has 0 bridgehead atoms. The van der Waals surface area contributed by atoms with E-state index >= 15 is 0 Å². The Bertz CT molecular complexity index is 1350. The molecular weight excluding hydrogens is 466 g/mol. The minimum absolute atomic E-state index is 0.317. The fourth-order valence-corrected chi connectivity index (χ4v) is 3.86. The van der Waals surface area contributed by atoms with Gasteiger partial charge in [-0.05, 0) is 40.3 Å². The SMILES string of the molecule is COC(=O)c1ccc([C@@H]2c3c(-c4ccc(Br)cc4)n[nH]c(=O)c3Nc3nnnn32)cc1. The molecular formula is C20H14BrN7O3. The average Bonchev–Trinajstić information content (AvgIpc) is 3.27. The third kappa shape index (κ3) is 3.19. The largest absolute Gasteiger partial charge is 0.465 e. The number of H-pyrrole nitrogens is 1. The van der Waals surface area contributed by atoms with E-state index in [1.165, 1.54) is 7.11 Å². The Labute approximate surface area is 183 Å². The normalized spacial score (nSPS) is 14.3. The maximum atomic E-state index is 12.7. The Kier molecular flexibility index (Phi) is 4.59. The van der Waals surface area contributed by atoms with Crippen LogP contribution in [-0.4, -0.2) is 43.5 Å². The van der Waals surface area contributed by atoms with Crippen molar-refractivity contribution in [3.05, 3.63) is 80.0 Å². The maximum absolute atomic E-state index is 12.7. The molecule has 0 amide bonds. The summed E-state index contributed by atoms with van der Waals surface area (Å²) in [5, 5.41) is 21.7. The number of hydrogen-bond donors (Lipinski definition) is 2. The molecule has 2 aromatic carbocycles. The quantitative estimate of drug-likeness (QED) is 0.378. The van der Waals surface area contributed by atoms with Crippen LogP contribution in [0.4, 0.5) is 11.6 Å². The van der Waals surface area contributed by atoms with E-state index in [1.807, 2.05) is 24.3 Å². The molecule has 0 aliphatic carbocycles. The number of hydrogen-bond acceptors (Lipinski definition) is 8. The van der Waals surface area contributed by atoms with Crippen LogP contribution in [0.25, 0.3) is 11.3 Å². The molecule has 0 unspecified atom stereocenters. The highest BCUT2D eigenvalue weighted by molar-refractivity contribution is 9.10. The molecule has 0 spiro atoms. The molecule has 3 heterocycles. The number of nitrogens with one attached hydrogen (secondary N) is 2. The van der Waals surface area contributed by atoms with Gasteiger partial charge in [-0.1, -0.05) is 45.3 Å². The minimum atomic E-state index is -0.540. The summed E-state index contributed by atoms with van der Waals surface area (Å²) in [6.45, 7) is 0. The Balaban J connectivity index is 1.74. The predicted octanol–water partition coefficient (Wildman–Crippen LogP) is 2.67. The van der Waals surface area contributed by atoms with Crippen LogP contribution < -0.4 is 10.9 Å². The number of benzene rings is 2.